The first-order chi connectivity index (χ1) is 11.6. The molecular weight excluding hydrogens is 298 g/mol. The van der Waals surface area contributed by atoms with Crippen LogP contribution in [0.2, 0.25) is 0 Å². The molecule has 0 bridgehead atoms. The van der Waals surface area contributed by atoms with Crippen molar-refractivity contribution in [3.8, 4) is 11.1 Å². The van der Waals surface area contributed by atoms with Gasteiger partial charge in [-0.2, -0.15) is 0 Å². The smallest absolute Gasteiger partial charge is 0.225 e. The minimum atomic E-state index is -0.314. The molecule has 1 aliphatic rings. The summed E-state index contributed by atoms with van der Waals surface area (Å²) in [5, 5.41) is 9.77. The van der Waals surface area contributed by atoms with E-state index < -0.39 is 0 Å². The Hall–Kier alpha value is -2.13. The molecule has 3 heteroatoms. The Labute approximate surface area is 143 Å². The van der Waals surface area contributed by atoms with Crippen LogP contribution in [0.1, 0.15) is 31.2 Å². The number of benzene rings is 2. The maximum atomic E-state index is 12.6. The van der Waals surface area contributed by atoms with Crippen LogP contribution in [-0.2, 0) is 11.3 Å². The molecule has 126 valence electrons. The highest BCUT2D eigenvalue weighted by Crippen LogP contribution is 2.26. The summed E-state index contributed by atoms with van der Waals surface area (Å²) >= 11 is 0. The standard InChI is InChI=1S/C21H25NO2/c1-22(21(24)19-8-5-9-20(23)14-19)15-16-10-12-18(13-11-16)17-6-3-2-4-7-17/h2-4,6-7,10-13,19-20,23H,5,8-9,14-15H2,1H3/t19-,20+/m1/s1. The van der Waals surface area contributed by atoms with Crippen molar-refractivity contribution in [2.75, 3.05) is 7.05 Å². The van der Waals surface area contributed by atoms with E-state index in [-0.39, 0.29) is 17.9 Å². The molecule has 1 saturated carbocycles. The SMILES string of the molecule is CN(Cc1ccc(-c2ccccc2)cc1)C(=O)[C@@H]1CCC[C@H](O)C1. The molecule has 1 fully saturated rings. The number of aliphatic hydroxyl groups is 1. The molecule has 1 aliphatic carbocycles. The number of carbonyl (C=O) groups is 1. The van der Waals surface area contributed by atoms with Crippen molar-refractivity contribution in [3.05, 3.63) is 60.2 Å². The van der Waals surface area contributed by atoms with Gasteiger partial charge in [0.25, 0.3) is 0 Å². The van der Waals surface area contributed by atoms with Gasteiger partial charge in [-0.3, -0.25) is 4.79 Å². The van der Waals surface area contributed by atoms with E-state index >= 15 is 0 Å². The zero-order valence-electron chi connectivity index (χ0n) is 14.2. The number of hydrogen-bond donors (Lipinski definition) is 1. The van der Waals surface area contributed by atoms with Crippen LogP contribution in [0.5, 0.6) is 0 Å². The lowest BCUT2D eigenvalue weighted by Crippen LogP contribution is -2.36. The lowest BCUT2D eigenvalue weighted by atomic mass is 9.86. The van der Waals surface area contributed by atoms with Crippen LogP contribution in [0, 0.1) is 5.92 Å². The Morgan fingerprint density at radius 1 is 1.04 bits per heavy atom. The molecule has 0 spiro atoms. The summed E-state index contributed by atoms with van der Waals surface area (Å²) in [6, 6.07) is 18.7. The van der Waals surface area contributed by atoms with Crippen molar-refractivity contribution in [1.82, 2.24) is 4.90 Å². The Kier molecular flexibility index (Phi) is 5.31. The first-order valence-corrected chi connectivity index (χ1v) is 8.71. The molecule has 0 radical (unpaired) electrons. The van der Waals surface area contributed by atoms with E-state index in [0.29, 0.717) is 13.0 Å². The molecule has 0 saturated heterocycles. The molecule has 3 nitrogen and oxygen atoms in total. The van der Waals surface area contributed by atoms with Gasteiger partial charge in [-0.15, -0.1) is 0 Å². The van der Waals surface area contributed by atoms with Gasteiger partial charge in [0.05, 0.1) is 6.10 Å². The van der Waals surface area contributed by atoms with Gasteiger partial charge >= 0.3 is 0 Å². The third kappa shape index (κ3) is 4.04. The molecule has 3 rings (SSSR count). The highest BCUT2D eigenvalue weighted by Gasteiger charge is 2.28. The quantitative estimate of drug-likeness (QED) is 0.928. The third-order valence-electron chi connectivity index (χ3n) is 4.85. The second kappa shape index (κ2) is 7.63. The van der Waals surface area contributed by atoms with E-state index in [0.717, 1.165) is 24.8 Å². The molecule has 0 unspecified atom stereocenters. The van der Waals surface area contributed by atoms with Gasteiger partial charge in [-0.25, -0.2) is 0 Å². The largest absolute Gasteiger partial charge is 0.393 e. The normalized spacial score (nSPS) is 20.6. The number of carbonyl (C=O) groups excluding carboxylic acids is 1. The fourth-order valence-corrected chi connectivity index (χ4v) is 3.48. The monoisotopic (exact) mass is 323 g/mol. The van der Waals surface area contributed by atoms with E-state index in [1.807, 2.05) is 25.2 Å². The van der Waals surface area contributed by atoms with Gasteiger partial charge < -0.3 is 10.0 Å². The Bertz CT molecular complexity index is 666. The fourth-order valence-electron chi connectivity index (χ4n) is 3.48. The zero-order chi connectivity index (χ0) is 16.9. The van der Waals surface area contributed by atoms with Crippen molar-refractivity contribution in [2.45, 2.75) is 38.3 Å². The number of hydrogen-bond acceptors (Lipinski definition) is 2. The van der Waals surface area contributed by atoms with E-state index in [2.05, 4.69) is 36.4 Å². The van der Waals surface area contributed by atoms with Gasteiger partial charge in [-0.05, 0) is 36.0 Å². The van der Waals surface area contributed by atoms with Crippen molar-refractivity contribution in [3.63, 3.8) is 0 Å². The van der Waals surface area contributed by atoms with Crippen LogP contribution >= 0.6 is 0 Å². The Balaban J connectivity index is 1.62. The number of amides is 1. The van der Waals surface area contributed by atoms with Crippen molar-refractivity contribution in [1.29, 1.82) is 0 Å². The van der Waals surface area contributed by atoms with Crippen LogP contribution in [0.15, 0.2) is 54.6 Å². The summed E-state index contributed by atoms with van der Waals surface area (Å²) in [6.07, 6.45) is 2.96. The molecule has 1 N–H and O–H groups in total. The Morgan fingerprint density at radius 3 is 2.38 bits per heavy atom. The van der Waals surface area contributed by atoms with Crippen molar-refractivity contribution < 1.29 is 9.90 Å². The van der Waals surface area contributed by atoms with Crippen molar-refractivity contribution in [2.24, 2.45) is 5.92 Å². The first-order valence-electron chi connectivity index (χ1n) is 8.71. The molecular formula is C21H25NO2. The average molecular weight is 323 g/mol. The summed E-state index contributed by atoms with van der Waals surface area (Å²) in [7, 11) is 1.86. The van der Waals surface area contributed by atoms with Gasteiger partial charge in [0.1, 0.15) is 0 Å². The minimum Gasteiger partial charge on any atom is -0.393 e. The summed E-state index contributed by atoms with van der Waals surface area (Å²) in [5.74, 6) is 0.128. The number of nitrogens with zero attached hydrogens (tertiary/aromatic N) is 1. The van der Waals surface area contributed by atoms with Crippen LogP contribution in [-0.4, -0.2) is 29.1 Å². The molecule has 2 atom stereocenters. The van der Waals surface area contributed by atoms with E-state index in [4.69, 9.17) is 0 Å². The van der Waals surface area contributed by atoms with Gasteiger partial charge in [0, 0.05) is 19.5 Å². The molecule has 0 aliphatic heterocycles. The molecule has 2 aromatic rings. The lowest BCUT2D eigenvalue weighted by Gasteiger charge is -2.29. The molecule has 1 amide bonds. The van der Waals surface area contributed by atoms with Gasteiger partial charge in [0.15, 0.2) is 0 Å². The third-order valence-corrected chi connectivity index (χ3v) is 4.85. The summed E-state index contributed by atoms with van der Waals surface area (Å²) in [6.45, 7) is 0.612. The van der Waals surface area contributed by atoms with E-state index in [1.165, 1.54) is 11.1 Å². The average Bonchev–Trinajstić information content (AvgIpc) is 2.62. The van der Waals surface area contributed by atoms with Crippen LogP contribution < -0.4 is 0 Å². The molecule has 0 heterocycles. The summed E-state index contributed by atoms with van der Waals surface area (Å²) < 4.78 is 0. The zero-order valence-corrected chi connectivity index (χ0v) is 14.2. The van der Waals surface area contributed by atoms with Crippen molar-refractivity contribution >= 4 is 5.91 Å². The highest BCUT2D eigenvalue weighted by molar-refractivity contribution is 5.78. The maximum absolute atomic E-state index is 12.6. The predicted molar refractivity (Wildman–Crippen MR) is 96.3 cm³/mol. The molecule has 24 heavy (non-hydrogen) atoms. The van der Waals surface area contributed by atoms with Crippen LogP contribution in [0.25, 0.3) is 11.1 Å². The second-order valence-electron chi connectivity index (χ2n) is 6.77. The van der Waals surface area contributed by atoms with Crippen LogP contribution in [0.4, 0.5) is 0 Å². The second-order valence-corrected chi connectivity index (χ2v) is 6.77. The first kappa shape index (κ1) is 16.7. The van der Waals surface area contributed by atoms with Crippen LogP contribution in [0.3, 0.4) is 0 Å². The summed E-state index contributed by atoms with van der Waals surface area (Å²) in [5.41, 5.74) is 3.51. The van der Waals surface area contributed by atoms with E-state index in [9.17, 15) is 9.90 Å². The highest BCUT2D eigenvalue weighted by atomic mass is 16.3. The molecule has 0 aromatic heterocycles. The number of aliphatic hydroxyl groups excluding tert-OH is 1. The van der Waals surface area contributed by atoms with E-state index in [1.54, 1.807) is 4.90 Å². The fraction of sp³-hybridized carbons (Fsp3) is 0.381. The maximum Gasteiger partial charge on any atom is 0.225 e. The van der Waals surface area contributed by atoms with Gasteiger partial charge in [0.2, 0.25) is 5.91 Å². The van der Waals surface area contributed by atoms with Gasteiger partial charge in [-0.1, -0.05) is 61.0 Å². The minimum absolute atomic E-state index is 0.0256. The predicted octanol–water partition coefficient (Wildman–Crippen LogP) is 3.86. The number of rotatable bonds is 4. The summed E-state index contributed by atoms with van der Waals surface area (Å²) in [4.78, 5) is 14.3. The molecule has 2 aromatic carbocycles. The lowest BCUT2D eigenvalue weighted by molar-refractivity contribution is -0.137. The topological polar surface area (TPSA) is 40.5 Å². The Morgan fingerprint density at radius 2 is 1.71 bits per heavy atom.